The van der Waals surface area contributed by atoms with Crippen LogP contribution in [0.4, 0.5) is 5.69 Å². The first kappa shape index (κ1) is 18.6. The monoisotopic (exact) mass is 331 g/mol. The molecule has 0 saturated carbocycles. The van der Waals surface area contributed by atoms with E-state index in [9.17, 15) is 0 Å². The second-order valence-corrected chi connectivity index (χ2v) is 6.57. The molecule has 0 radical (unpaired) electrons. The van der Waals surface area contributed by atoms with Crippen LogP contribution in [0.15, 0.2) is 35.3 Å². The lowest BCUT2D eigenvalue weighted by molar-refractivity contribution is 0.394. The predicted octanol–water partition coefficient (Wildman–Crippen LogP) is 2.02. The molecule has 24 heavy (non-hydrogen) atoms. The molecule has 5 nitrogen and oxygen atoms in total. The number of hydrogen-bond acceptors (Lipinski definition) is 3. The summed E-state index contributed by atoms with van der Waals surface area (Å²) in [7, 11) is 4.04. The molecule has 2 N–H and O–H groups in total. The van der Waals surface area contributed by atoms with Crippen molar-refractivity contribution in [2.24, 2.45) is 10.9 Å². The first-order valence-corrected chi connectivity index (χ1v) is 9.16. The van der Waals surface area contributed by atoms with E-state index in [1.807, 2.05) is 7.05 Å². The highest BCUT2D eigenvalue weighted by atomic mass is 15.2. The Bertz CT molecular complexity index is 488. The van der Waals surface area contributed by atoms with Crippen LogP contribution in [-0.4, -0.2) is 64.2 Å². The Kier molecular flexibility index (Phi) is 7.89. The summed E-state index contributed by atoms with van der Waals surface area (Å²) in [4.78, 5) is 9.13. The van der Waals surface area contributed by atoms with E-state index < -0.39 is 0 Å². The number of guanidine groups is 1. The summed E-state index contributed by atoms with van der Waals surface area (Å²) in [5.41, 5.74) is 1.30. The van der Waals surface area contributed by atoms with Crippen molar-refractivity contribution in [1.82, 2.24) is 15.5 Å². The minimum absolute atomic E-state index is 0.738. The molecule has 1 aromatic carbocycles. The van der Waals surface area contributed by atoms with Gasteiger partial charge in [0.1, 0.15) is 0 Å². The molecule has 1 unspecified atom stereocenters. The van der Waals surface area contributed by atoms with Crippen LogP contribution >= 0.6 is 0 Å². The van der Waals surface area contributed by atoms with E-state index in [1.54, 1.807) is 0 Å². The van der Waals surface area contributed by atoms with Gasteiger partial charge in [0.05, 0.1) is 0 Å². The number of nitrogens with one attached hydrogen (secondary N) is 2. The lowest BCUT2D eigenvalue weighted by Gasteiger charge is -2.23. The minimum atomic E-state index is 0.738. The van der Waals surface area contributed by atoms with E-state index in [2.05, 4.69) is 69.7 Å². The van der Waals surface area contributed by atoms with Crippen molar-refractivity contribution < 1.29 is 0 Å². The molecule has 1 fully saturated rings. The fraction of sp³-hybridized carbons (Fsp3) is 0.632. The molecule has 0 aliphatic carbocycles. The average Bonchev–Trinajstić information content (AvgIpc) is 3.03. The summed E-state index contributed by atoms with van der Waals surface area (Å²) in [6, 6.07) is 10.6. The maximum Gasteiger partial charge on any atom is 0.190 e. The molecule has 0 spiro atoms. The highest BCUT2D eigenvalue weighted by Crippen LogP contribution is 2.13. The van der Waals surface area contributed by atoms with Gasteiger partial charge in [-0.05, 0) is 51.4 Å². The molecular formula is C19H33N5. The first-order chi connectivity index (χ1) is 11.7. The van der Waals surface area contributed by atoms with Crippen LogP contribution in [0.1, 0.15) is 19.8 Å². The summed E-state index contributed by atoms with van der Waals surface area (Å²) in [5, 5.41) is 6.90. The van der Waals surface area contributed by atoms with Gasteiger partial charge in [-0.15, -0.1) is 0 Å². The average molecular weight is 332 g/mol. The first-order valence-electron chi connectivity index (χ1n) is 9.16. The van der Waals surface area contributed by atoms with Crippen LogP contribution in [0, 0.1) is 5.92 Å². The number of nitrogens with zero attached hydrogens (tertiary/aromatic N) is 3. The van der Waals surface area contributed by atoms with Crippen LogP contribution in [0.5, 0.6) is 0 Å². The van der Waals surface area contributed by atoms with Gasteiger partial charge in [-0.2, -0.15) is 0 Å². The van der Waals surface area contributed by atoms with Gasteiger partial charge >= 0.3 is 0 Å². The van der Waals surface area contributed by atoms with Gasteiger partial charge in [-0.1, -0.05) is 18.2 Å². The Hall–Kier alpha value is -1.75. The molecule has 1 aliphatic rings. The Morgan fingerprint density at radius 2 is 2.08 bits per heavy atom. The second kappa shape index (κ2) is 10.2. The van der Waals surface area contributed by atoms with Crippen LogP contribution in [0.3, 0.4) is 0 Å². The Labute approximate surface area is 147 Å². The number of rotatable bonds is 8. The van der Waals surface area contributed by atoms with E-state index in [1.165, 1.54) is 25.2 Å². The van der Waals surface area contributed by atoms with Crippen LogP contribution in [0.2, 0.25) is 0 Å². The van der Waals surface area contributed by atoms with Crippen LogP contribution in [-0.2, 0) is 0 Å². The standard InChI is InChI=1S/C19H33N5/c1-4-24(18-9-6-5-7-10-18)13-8-12-21-19(20-2)22-15-17-11-14-23(3)16-17/h5-7,9-10,17H,4,8,11-16H2,1-3H3,(H2,20,21,22). The third kappa shape index (κ3) is 6.04. The van der Waals surface area contributed by atoms with Crippen molar-refractivity contribution in [3.8, 4) is 0 Å². The largest absolute Gasteiger partial charge is 0.372 e. The molecule has 1 heterocycles. The van der Waals surface area contributed by atoms with Crippen molar-refractivity contribution >= 4 is 11.6 Å². The SMILES string of the molecule is CCN(CCCNC(=NC)NCC1CCN(C)C1)c1ccccc1. The Morgan fingerprint density at radius 3 is 2.71 bits per heavy atom. The summed E-state index contributed by atoms with van der Waals surface area (Å²) >= 11 is 0. The normalized spacial score (nSPS) is 18.6. The third-order valence-corrected chi connectivity index (χ3v) is 4.67. The zero-order chi connectivity index (χ0) is 17.2. The molecular weight excluding hydrogens is 298 g/mol. The smallest absolute Gasteiger partial charge is 0.190 e. The number of likely N-dealkylation sites (tertiary alicyclic amines) is 1. The van der Waals surface area contributed by atoms with Gasteiger partial charge in [-0.3, -0.25) is 4.99 Å². The summed E-state index contributed by atoms with van der Waals surface area (Å²) in [6.45, 7) is 8.64. The predicted molar refractivity (Wildman–Crippen MR) is 104 cm³/mol. The summed E-state index contributed by atoms with van der Waals surface area (Å²) < 4.78 is 0. The molecule has 134 valence electrons. The van der Waals surface area contributed by atoms with Crippen molar-refractivity contribution in [3.63, 3.8) is 0 Å². The van der Waals surface area contributed by atoms with E-state index in [4.69, 9.17) is 0 Å². The Balaban J connectivity index is 1.64. The minimum Gasteiger partial charge on any atom is -0.372 e. The number of para-hydroxylation sites is 1. The molecule has 1 saturated heterocycles. The third-order valence-electron chi connectivity index (χ3n) is 4.67. The number of aliphatic imine (C=N–C) groups is 1. The quantitative estimate of drug-likeness (QED) is 0.434. The van der Waals surface area contributed by atoms with Gasteiger partial charge in [-0.25, -0.2) is 0 Å². The maximum absolute atomic E-state index is 4.33. The van der Waals surface area contributed by atoms with Crippen LogP contribution < -0.4 is 15.5 Å². The Morgan fingerprint density at radius 1 is 1.29 bits per heavy atom. The molecule has 1 atom stereocenters. The van der Waals surface area contributed by atoms with Crippen LogP contribution in [0.25, 0.3) is 0 Å². The van der Waals surface area contributed by atoms with E-state index in [0.717, 1.165) is 44.5 Å². The number of anilines is 1. The molecule has 0 bridgehead atoms. The summed E-state index contributed by atoms with van der Waals surface area (Å²) in [5.74, 6) is 1.66. The maximum atomic E-state index is 4.33. The number of hydrogen-bond donors (Lipinski definition) is 2. The highest BCUT2D eigenvalue weighted by molar-refractivity contribution is 5.79. The van der Waals surface area contributed by atoms with Gasteiger partial charge in [0, 0.05) is 45.5 Å². The lowest BCUT2D eigenvalue weighted by Crippen LogP contribution is -2.41. The van der Waals surface area contributed by atoms with E-state index in [-0.39, 0.29) is 0 Å². The molecule has 1 aromatic rings. The van der Waals surface area contributed by atoms with Crippen molar-refractivity contribution in [3.05, 3.63) is 30.3 Å². The topological polar surface area (TPSA) is 42.9 Å². The van der Waals surface area contributed by atoms with Crippen molar-refractivity contribution in [2.75, 3.05) is 58.3 Å². The van der Waals surface area contributed by atoms with E-state index >= 15 is 0 Å². The summed E-state index contributed by atoms with van der Waals surface area (Å²) in [6.07, 6.45) is 2.37. The zero-order valence-corrected chi connectivity index (χ0v) is 15.5. The van der Waals surface area contributed by atoms with Crippen molar-refractivity contribution in [1.29, 1.82) is 0 Å². The van der Waals surface area contributed by atoms with Gasteiger partial charge in [0.15, 0.2) is 5.96 Å². The fourth-order valence-corrected chi connectivity index (χ4v) is 3.24. The molecule has 0 amide bonds. The zero-order valence-electron chi connectivity index (χ0n) is 15.5. The highest BCUT2D eigenvalue weighted by Gasteiger charge is 2.19. The lowest BCUT2D eigenvalue weighted by atomic mass is 10.1. The van der Waals surface area contributed by atoms with Gasteiger partial charge < -0.3 is 20.4 Å². The van der Waals surface area contributed by atoms with Gasteiger partial charge in [0.2, 0.25) is 0 Å². The van der Waals surface area contributed by atoms with Crippen molar-refractivity contribution in [2.45, 2.75) is 19.8 Å². The van der Waals surface area contributed by atoms with Gasteiger partial charge in [0.25, 0.3) is 0 Å². The number of benzene rings is 1. The fourth-order valence-electron chi connectivity index (χ4n) is 3.24. The molecule has 1 aliphatic heterocycles. The van der Waals surface area contributed by atoms with E-state index in [0.29, 0.717) is 0 Å². The molecule has 2 rings (SSSR count). The second-order valence-electron chi connectivity index (χ2n) is 6.57. The molecule has 0 aromatic heterocycles. The molecule has 5 heteroatoms.